The molecule has 1 aromatic rings. The molecule has 1 aliphatic carbocycles. The van der Waals surface area contributed by atoms with Gasteiger partial charge in [-0.1, -0.05) is 13.3 Å². The smallest absolute Gasteiger partial charge is 0.163 e. The van der Waals surface area contributed by atoms with E-state index in [0.717, 1.165) is 22.9 Å². The van der Waals surface area contributed by atoms with Gasteiger partial charge in [0.05, 0.1) is 17.3 Å². The Hall–Kier alpha value is -1.12. The highest BCUT2D eigenvalue weighted by molar-refractivity contribution is 5.96. The molecule has 0 amide bonds. The normalized spacial score (nSPS) is 24.2. The summed E-state index contributed by atoms with van der Waals surface area (Å²) in [5.74, 6) is 1.03. The first-order valence-corrected chi connectivity index (χ1v) is 7.11. The third-order valence-electron chi connectivity index (χ3n) is 4.42. The molecule has 0 aromatic carbocycles. The number of hydrogen-bond acceptors (Lipinski definition) is 2. The van der Waals surface area contributed by atoms with Crippen LogP contribution in [0.1, 0.15) is 73.7 Å². The molecule has 3 heteroatoms. The molecule has 2 rings (SSSR count). The maximum atomic E-state index is 11.6. The second kappa shape index (κ2) is 5.25. The van der Waals surface area contributed by atoms with Crippen molar-refractivity contribution in [2.75, 3.05) is 0 Å². The molecule has 0 unspecified atom stereocenters. The molecule has 3 nitrogen and oxygen atoms in total. The molecular weight excluding hydrogens is 224 g/mol. The molecular formula is C15H24N2O. The van der Waals surface area contributed by atoms with E-state index in [4.69, 9.17) is 0 Å². The van der Waals surface area contributed by atoms with Gasteiger partial charge in [-0.25, -0.2) is 0 Å². The Kier molecular flexibility index (Phi) is 3.88. The van der Waals surface area contributed by atoms with Crippen molar-refractivity contribution < 1.29 is 4.79 Å². The number of Topliss-reactive ketones (excluding diaryl/α,β-unsaturated/α-hetero) is 1. The highest BCUT2D eigenvalue weighted by atomic mass is 16.1. The van der Waals surface area contributed by atoms with Gasteiger partial charge in [-0.15, -0.1) is 0 Å². The lowest BCUT2D eigenvalue weighted by Crippen LogP contribution is -2.20. The fourth-order valence-corrected chi connectivity index (χ4v) is 3.33. The van der Waals surface area contributed by atoms with Gasteiger partial charge in [0.15, 0.2) is 5.78 Å². The number of carbonyl (C=O) groups excluding carboxylic acids is 1. The highest BCUT2D eigenvalue weighted by Gasteiger charge is 2.25. The quantitative estimate of drug-likeness (QED) is 0.762. The number of carbonyl (C=O) groups is 1. The van der Waals surface area contributed by atoms with Gasteiger partial charge in [-0.2, -0.15) is 5.10 Å². The zero-order valence-electron chi connectivity index (χ0n) is 12.0. The summed E-state index contributed by atoms with van der Waals surface area (Å²) in [5, 5.41) is 4.60. The number of aromatic nitrogens is 2. The summed E-state index contributed by atoms with van der Waals surface area (Å²) >= 11 is 0. The molecule has 1 saturated carbocycles. The first-order chi connectivity index (χ1) is 8.54. The van der Waals surface area contributed by atoms with E-state index >= 15 is 0 Å². The van der Waals surface area contributed by atoms with Gasteiger partial charge in [0, 0.05) is 5.69 Å². The first kappa shape index (κ1) is 13.3. The Bertz CT molecular complexity index is 440. The monoisotopic (exact) mass is 248 g/mol. The summed E-state index contributed by atoms with van der Waals surface area (Å²) in [6.07, 6.45) is 6.31. The van der Waals surface area contributed by atoms with Crippen molar-refractivity contribution in [3.63, 3.8) is 0 Å². The van der Waals surface area contributed by atoms with Crippen LogP contribution in [0.4, 0.5) is 0 Å². The predicted octanol–water partition coefficient (Wildman–Crippen LogP) is 3.84. The Labute approximate surface area is 110 Å². The summed E-state index contributed by atoms with van der Waals surface area (Å²) in [7, 11) is 0. The van der Waals surface area contributed by atoms with Crippen LogP contribution in [0.2, 0.25) is 0 Å². The van der Waals surface area contributed by atoms with E-state index in [1.807, 2.05) is 13.8 Å². The summed E-state index contributed by atoms with van der Waals surface area (Å²) in [6.45, 7) is 7.89. The van der Waals surface area contributed by atoms with Crippen molar-refractivity contribution in [2.24, 2.45) is 5.92 Å². The summed E-state index contributed by atoms with van der Waals surface area (Å²) in [5.41, 5.74) is 2.77. The zero-order chi connectivity index (χ0) is 13.3. The predicted molar refractivity (Wildman–Crippen MR) is 73.0 cm³/mol. The van der Waals surface area contributed by atoms with Crippen LogP contribution in [0.15, 0.2) is 0 Å². The van der Waals surface area contributed by atoms with Gasteiger partial charge < -0.3 is 0 Å². The first-order valence-electron chi connectivity index (χ1n) is 7.11. The molecule has 0 radical (unpaired) electrons. The van der Waals surface area contributed by atoms with Crippen LogP contribution in [0.5, 0.6) is 0 Å². The van der Waals surface area contributed by atoms with Gasteiger partial charge in [-0.05, 0) is 52.4 Å². The van der Waals surface area contributed by atoms with Crippen molar-refractivity contribution in [1.82, 2.24) is 9.78 Å². The van der Waals surface area contributed by atoms with Crippen LogP contribution in [-0.4, -0.2) is 15.6 Å². The molecule has 1 fully saturated rings. The van der Waals surface area contributed by atoms with Crippen LogP contribution in [0, 0.1) is 19.8 Å². The van der Waals surface area contributed by atoms with E-state index in [0.29, 0.717) is 6.04 Å². The summed E-state index contributed by atoms with van der Waals surface area (Å²) in [6, 6.07) is 0.500. The van der Waals surface area contributed by atoms with E-state index in [1.54, 1.807) is 6.92 Å². The van der Waals surface area contributed by atoms with Crippen LogP contribution in [0.3, 0.4) is 0 Å². The number of nitrogens with zero attached hydrogens (tertiary/aromatic N) is 2. The SMILES string of the molecule is CCC1CCC(n2nc(C)c(C(C)=O)c2C)CC1. The Morgan fingerprint density at radius 1 is 1.28 bits per heavy atom. The van der Waals surface area contributed by atoms with Crippen LogP contribution >= 0.6 is 0 Å². The second-order valence-electron chi connectivity index (χ2n) is 5.63. The lowest BCUT2D eigenvalue weighted by atomic mass is 9.84. The van der Waals surface area contributed by atoms with Crippen molar-refractivity contribution >= 4 is 5.78 Å². The van der Waals surface area contributed by atoms with Crippen molar-refractivity contribution in [3.05, 3.63) is 17.0 Å². The third-order valence-corrected chi connectivity index (χ3v) is 4.42. The zero-order valence-corrected chi connectivity index (χ0v) is 12.0. The Balaban J connectivity index is 2.20. The van der Waals surface area contributed by atoms with E-state index in [9.17, 15) is 4.79 Å². The molecule has 1 aromatic heterocycles. The fraction of sp³-hybridized carbons (Fsp3) is 0.733. The average Bonchev–Trinajstić information content (AvgIpc) is 2.65. The second-order valence-corrected chi connectivity index (χ2v) is 5.63. The van der Waals surface area contributed by atoms with Gasteiger partial charge in [0.25, 0.3) is 0 Å². The molecule has 0 bridgehead atoms. The van der Waals surface area contributed by atoms with Crippen LogP contribution < -0.4 is 0 Å². The maximum absolute atomic E-state index is 11.6. The van der Waals surface area contributed by atoms with E-state index in [1.165, 1.54) is 32.1 Å². The van der Waals surface area contributed by atoms with Gasteiger partial charge in [-0.3, -0.25) is 9.48 Å². The van der Waals surface area contributed by atoms with E-state index in [2.05, 4.69) is 16.7 Å². The Morgan fingerprint density at radius 2 is 1.89 bits per heavy atom. The minimum absolute atomic E-state index is 0.137. The molecule has 1 aliphatic rings. The van der Waals surface area contributed by atoms with Crippen molar-refractivity contribution in [2.45, 2.75) is 65.8 Å². The average molecular weight is 248 g/mol. The molecule has 1 heterocycles. The van der Waals surface area contributed by atoms with Gasteiger partial charge in [0.2, 0.25) is 0 Å². The molecule has 0 atom stereocenters. The van der Waals surface area contributed by atoms with Crippen molar-refractivity contribution in [3.8, 4) is 0 Å². The lowest BCUT2D eigenvalue weighted by Gasteiger charge is -2.28. The topological polar surface area (TPSA) is 34.9 Å². The molecule has 100 valence electrons. The van der Waals surface area contributed by atoms with E-state index < -0.39 is 0 Å². The highest BCUT2D eigenvalue weighted by Crippen LogP contribution is 2.34. The minimum Gasteiger partial charge on any atom is -0.294 e. The van der Waals surface area contributed by atoms with E-state index in [-0.39, 0.29) is 5.78 Å². The van der Waals surface area contributed by atoms with Crippen LogP contribution in [-0.2, 0) is 0 Å². The standard InChI is InChI=1S/C15H24N2O/c1-5-13-6-8-14(9-7-13)17-11(3)15(12(4)18)10(2)16-17/h13-14H,5-9H2,1-4H3. The Morgan fingerprint density at radius 3 is 2.33 bits per heavy atom. The lowest BCUT2D eigenvalue weighted by molar-refractivity contribution is 0.101. The molecule has 0 spiro atoms. The fourth-order valence-electron chi connectivity index (χ4n) is 3.33. The summed E-state index contributed by atoms with van der Waals surface area (Å²) in [4.78, 5) is 11.6. The molecule has 18 heavy (non-hydrogen) atoms. The minimum atomic E-state index is 0.137. The van der Waals surface area contributed by atoms with Crippen molar-refractivity contribution in [1.29, 1.82) is 0 Å². The number of hydrogen-bond donors (Lipinski definition) is 0. The molecule has 0 saturated heterocycles. The number of ketones is 1. The molecule has 0 aliphatic heterocycles. The third kappa shape index (κ3) is 2.36. The van der Waals surface area contributed by atoms with Crippen LogP contribution in [0.25, 0.3) is 0 Å². The van der Waals surface area contributed by atoms with Gasteiger partial charge >= 0.3 is 0 Å². The molecule has 0 N–H and O–H groups in total. The largest absolute Gasteiger partial charge is 0.294 e. The number of aryl methyl sites for hydroxylation is 1. The maximum Gasteiger partial charge on any atom is 0.163 e. The summed E-state index contributed by atoms with van der Waals surface area (Å²) < 4.78 is 2.11. The van der Waals surface area contributed by atoms with Gasteiger partial charge in [0.1, 0.15) is 0 Å². The number of rotatable bonds is 3.